The van der Waals surface area contributed by atoms with Crippen molar-refractivity contribution in [2.75, 3.05) is 5.32 Å². The van der Waals surface area contributed by atoms with Gasteiger partial charge in [-0.2, -0.15) is 0 Å². The van der Waals surface area contributed by atoms with Gasteiger partial charge in [-0.25, -0.2) is 0 Å². The number of nitrogens with one attached hydrogen (secondary N) is 2. The maximum Gasteiger partial charge on any atom is 0.320 e. The molecule has 0 aliphatic carbocycles. The molecule has 0 heterocycles. The average molecular weight is 296 g/mol. The summed E-state index contributed by atoms with van der Waals surface area (Å²) in [4.78, 5) is 21.4. The van der Waals surface area contributed by atoms with E-state index in [1.165, 1.54) is 6.92 Å². The van der Waals surface area contributed by atoms with Crippen LogP contribution in [0.4, 0.5) is 5.69 Å². The first-order valence-electron chi connectivity index (χ1n) is 7.32. The van der Waals surface area contributed by atoms with Crippen molar-refractivity contribution in [2.45, 2.75) is 54.1 Å². The summed E-state index contributed by atoms with van der Waals surface area (Å²) in [6.07, 6.45) is 0. The third-order valence-electron chi connectivity index (χ3n) is 2.26. The molecule has 0 saturated carbocycles. The number of hydrogen-bond donors (Lipinski definition) is 3. The lowest BCUT2D eigenvalue weighted by Crippen LogP contribution is -2.33. The zero-order chi connectivity index (χ0) is 16.8. The van der Waals surface area contributed by atoms with E-state index in [1.54, 1.807) is 19.1 Å². The summed E-state index contributed by atoms with van der Waals surface area (Å²) in [7, 11) is 0. The van der Waals surface area contributed by atoms with Crippen molar-refractivity contribution >= 4 is 17.6 Å². The first kappa shape index (κ1) is 21.4. The molecule has 1 aromatic rings. The molecule has 3 N–H and O–H groups in total. The second-order valence-corrected chi connectivity index (χ2v) is 3.82. The van der Waals surface area contributed by atoms with Crippen LogP contribution >= 0.6 is 0 Å². The molecule has 1 aromatic carbocycles. The molecule has 0 radical (unpaired) electrons. The van der Waals surface area contributed by atoms with Crippen LogP contribution in [-0.4, -0.2) is 23.0 Å². The van der Waals surface area contributed by atoms with Gasteiger partial charge in [0.2, 0.25) is 5.91 Å². The number of benzene rings is 1. The van der Waals surface area contributed by atoms with Gasteiger partial charge in [0.1, 0.15) is 6.04 Å². The predicted molar refractivity (Wildman–Crippen MR) is 87.4 cm³/mol. The van der Waals surface area contributed by atoms with Crippen LogP contribution in [0.5, 0.6) is 0 Å². The van der Waals surface area contributed by atoms with E-state index in [1.807, 2.05) is 39.8 Å². The number of carbonyl (C=O) groups excluding carboxylic acids is 1. The summed E-state index contributed by atoms with van der Waals surface area (Å²) in [5.74, 6) is -0.991. The molecule has 1 unspecified atom stereocenters. The Kier molecular flexibility index (Phi) is 13.4. The van der Waals surface area contributed by atoms with E-state index < -0.39 is 12.0 Å². The fraction of sp³-hybridized carbons (Fsp3) is 0.500. The van der Waals surface area contributed by atoms with Gasteiger partial charge in [0.25, 0.3) is 0 Å². The second-order valence-electron chi connectivity index (χ2n) is 3.82. The summed E-state index contributed by atoms with van der Waals surface area (Å²) < 4.78 is 0. The topological polar surface area (TPSA) is 78.4 Å². The highest BCUT2D eigenvalue weighted by Gasteiger charge is 2.08. The summed E-state index contributed by atoms with van der Waals surface area (Å²) in [6.45, 7) is 11.5. The van der Waals surface area contributed by atoms with Gasteiger partial charge >= 0.3 is 5.97 Å². The Bertz CT molecular complexity index is 402. The molecular formula is C16H28N2O3. The highest BCUT2D eigenvalue weighted by Crippen LogP contribution is 2.09. The van der Waals surface area contributed by atoms with Crippen molar-refractivity contribution < 1.29 is 14.7 Å². The fourth-order valence-corrected chi connectivity index (χ4v) is 1.27. The molecule has 0 aliphatic heterocycles. The van der Waals surface area contributed by atoms with Crippen LogP contribution in [0.3, 0.4) is 0 Å². The summed E-state index contributed by atoms with van der Waals surface area (Å²) in [5, 5.41) is 14.2. The van der Waals surface area contributed by atoms with E-state index in [0.29, 0.717) is 6.54 Å². The Labute approximate surface area is 127 Å². The van der Waals surface area contributed by atoms with Crippen molar-refractivity contribution in [1.29, 1.82) is 0 Å². The third-order valence-corrected chi connectivity index (χ3v) is 2.26. The Morgan fingerprint density at radius 3 is 1.95 bits per heavy atom. The number of rotatable bonds is 5. The van der Waals surface area contributed by atoms with Gasteiger partial charge in [0, 0.05) is 19.2 Å². The standard InChI is InChI=1S/C12H16N2O3.2C2H6/c1-8(12(16)17)13-7-10-3-5-11(6-4-10)14-9(2)15;2*1-2/h3-6,8,13H,7H2,1-2H3,(H,14,15)(H,16,17);2*1-2H3. The zero-order valence-corrected chi connectivity index (χ0v) is 13.9. The van der Waals surface area contributed by atoms with Crippen LogP contribution < -0.4 is 10.6 Å². The number of aliphatic carboxylic acids is 1. The van der Waals surface area contributed by atoms with Gasteiger partial charge < -0.3 is 15.7 Å². The quantitative estimate of drug-likeness (QED) is 0.779. The van der Waals surface area contributed by atoms with Crippen LogP contribution in [0.1, 0.15) is 47.1 Å². The molecule has 0 aliphatic rings. The molecule has 0 spiro atoms. The van der Waals surface area contributed by atoms with Crippen molar-refractivity contribution in [3.05, 3.63) is 29.8 Å². The van der Waals surface area contributed by atoms with Crippen molar-refractivity contribution in [2.24, 2.45) is 0 Å². The minimum absolute atomic E-state index is 0.115. The number of hydrogen-bond acceptors (Lipinski definition) is 3. The Morgan fingerprint density at radius 1 is 1.10 bits per heavy atom. The van der Waals surface area contributed by atoms with Crippen molar-refractivity contribution in [1.82, 2.24) is 5.32 Å². The molecule has 21 heavy (non-hydrogen) atoms. The monoisotopic (exact) mass is 296 g/mol. The smallest absolute Gasteiger partial charge is 0.320 e. The molecule has 0 saturated heterocycles. The van der Waals surface area contributed by atoms with E-state index >= 15 is 0 Å². The van der Waals surface area contributed by atoms with Gasteiger partial charge in [-0.05, 0) is 24.6 Å². The maximum atomic E-state index is 10.8. The van der Waals surface area contributed by atoms with E-state index in [4.69, 9.17) is 5.11 Å². The van der Waals surface area contributed by atoms with Crippen LogP contribution in [0, 0.1) is 0 Å². The number of carbonyl (C=O) groups is 2. The first-order valence-corrected chi connectivity index (χ1v) is 7.32. The summed E-state index contributed by atoms with van der Waals surface area (Å²) in [5.41, 5.74) is 1.69. The summed E-state index contributed by atoms with van der Waals surface area (Å²) >= 11 is 0. The molecule has 1 atom stereocenters. The van der Waals surface area contributed by atoms with Gasteiger partial charge in [0.05, 0.1) is 0 Å². The predicted octanol–water partition coefficient (Wildman–Crippen LogP) is 3.26. The van der Waals surface area contributed by atoms with Gasteiger partial charge in [-0.1, -0.05) is 39.8 Å². The van der Waals surface area contributed by atoms with Crippen LogP contribution in [0.2, 0.25) is 0 Å². The molecule has 0 fully saturated rings. The number of anilines is 1. The molecule has 5 nitrogen and oxygen atoms in total. The lowest BCUT2D eigenvalue weighted by Gasteiger charge is -2.09. The van der Waals surface area contributed by atoms with Gasteiger partial charge in [-0.3, -0.25) is 9.59 Å². The second kappa shape index (κ2) is 13.1. The van der Waals surface area contributed by atoms with E-state index in [-0.39, 0.29) is 5.91 Å². The molecule has 120 valence electrons. The Balaban J connectivity index is 0. The highest BCUT2D eigenvalue weighted by atomic mass is 16.4. The Morgan fingerprint density at radius 2 is 1.57 bits per heavy atom. The molecular weight excluding hydrogens is 268 g/mol. The normalized spacial score (nSPS) is 10.2. The highest BCUT2D eigenvalue weighted by molar-refractivity contribution is 5.88. The van der Waals surface area contributed by atoms with Gasteiger partial charge in [0.15, 0.2) is 0 Å². The molecule has 0 bridgehead atoms. The van der Waals surface area contributed by atoms with Crippen LogP contribution in [0.25, 0.3) is 0 Å². The lowest BCUT2D eigenvalue weighted by molar-refractivity contribution is -0.139. The Hall–Kier alpha value is -1.88. The largest absolute Gasteiger partial charge is 0.480 e. The molecule has 1 amide bonds. The number of carboxylic acids is 1. The number of carboxylic acid groups (broad SMARTS) is 1. The third kappa shape index (κ3) is 10.6. The minimum atomic E-state index is -0.875. The lowest BCUT2D eigenvalue weighted by atomic mass is 10.2. The van der Waals surface area contributed by atoms with E-state index in [2.05, 4.69) is 10.6 Å². The molecule has 1 rings (SSSR count). The van der Waals surface area contributed by atoms with Crippen LogP contribution in [0.15, 0.2) is 24.3 Å². The van der Waals surface area contributed by atoms with E-state index in [9.17, 15) is 9.59 Å². The SMILES string of the molecule is CC.CC.CC(=O)Nc1ccc(CNC(C)C(=O)O)cc1. The van der Waals surface area contributed by atoms with Crippen LogP contribution in [-0.2, 0) is 16.1 Å². The van der Waals surface area contributed by atoms with Crippen molar-refractivity contribution in [3.63, 3.8) is 0 Å². The maximum absolute atomic E-state index is 10.8. The zero-order valence-electron chi connectivity index (χ0n) is 13.9. The molecule has 0 aromatic heterocycles. The first-order chi connectivity index (χ1) is 9.99. The molecule has 5 heteroatoms. The van der Waals surface area contributed by atoms with E-state index in [0.717, 1.165) is 11.3 Å². The van der Waals surface area contributed by atoms with Gasteiger partial charge in [-0.15, -0.1) is 0 Å². The van der Waals surface area contributed by atoms with Crippen molar-refractivity contribution in [3.8, 4) is 0 Å². The summed E-state index contributed by atoms with van der Waals surface area (Å²) in [6, 6.07) is 6.66. The fourth-order valence-electron chi connectivity index (χ4n) is 1.27. The number of amides is 1. The average Bonchev–Trinajstić information content (AvgIpc) is 2.49. The minimum Gasteiger partial charge on any atom is -0.480 e.